The van der Waals surface area contributed by atoms with E-state index in [1.807, 2.05) is 0 Å². The fourth-order valence-electron chi connectivity index (χ4n) is 2.23. The van der Waals surface area contributed by atoms with Crippen LogP contribution in [-0.2, 0) is 9.53 Å². The molecule has 0 spiro atoms. The molecule has 0 saturated carbocycles. The van der Waals surface area contributed by atoms with Gasteiger partial charge in [0.2, 0.25) is 5.91 Å². The van der Waals surface area contributed by atoms with Gasteiger partial charge in [0.15, 0.2) is 0 Å². The Labute approximate surface area is 133 Å². The molecule has 23 heavy (non-hydrogen) atoms. The van der Waals surface area contributed by atoms with Crippen LogP contribution in [0.3, 0.4) is 0 Å². The number of rotatable bonds is 7. The lowest BCUT2D eigenvalue weighted by Crippen LogP contribution is -2.54. The number of ether oxygens (including phenoxy) is 1. The molecule has 0 aromatic carbocycles. The molecule has 1 fully saturated rings. The summed E-state index contributed by atoms with van der Waals surface area (Å²) in [7, 11) is 0. The van der Waals surface area contributed by atoms with E-state index in [2.05, 4.69) is 10.6 Å². The van der Waals surface area contributed by atoms with Crippen LogP contribution in [0.25, 0.3) is 0 Å². The number of halogens is 2. The highest BCUT2D eigenvalue weighted by Gasteiger charge is 2.36. The topological polar surface area (TPSA) is 94.5 Å². The highest BCUT2D eigenvalue weighted by molar-refractivity contribution is 5.87. The zero-order valence-corrected chi connectivity index (χ0v) is 13.1. The molecule has 1 atom stereocenters. The summed E-state index contributed by atoms with van der Waals surface area (Å²) in [4.78, 5) is 25.5. The minimum absolute atomic E-state index is 0.261. The zero-order valence-electron chi connectivity index (χ0n) is 13.1. The predicted octanol–water partition coefficient (Wildman–Crippen LogP) is 0.862. The van der Waals surface area contributed by atoms with Gasteiger partial charge in [-0.15, -0.1) is 0 Å². The molecule has 0 aliphatic carbocycles. The first-order valence-electron chi connectivity index (χ1n) is 7.55. The lowest BCUT2D eigenvalue weighted by molar-refractivity contribution is -0.125. The molecule has 7 nitrogen and oxygen atoms in total. The first-order chi connectivity index (χ1) is 10.9. The van der Waals surface area contributed by atoms with E-state index in [0.29, 0.717) is 26.3 Å². The molecule has 1 aliphatic heterocycles. The molecule has 0 aromatic heterocycles. The normalized spacial score (nSPS) is 16.3. The highest BCUT2D eigenvalue weighted by Crippen LogP contribution is 2.26. The second-order valence-electron chi connectivity index (χ2n) is 5.29. The number of nitriles is 1. The quantitative estimate of drug-likeness (QED) is 0.676. The van der Waals surface area contributed by atoms with Gasteiger partial charge in [-0.05, 0) is 0 Å². The number of amides is 3. The Bertz CT molecular complexity index is 448. The van der Waals surface area contributed by atoms with Crippen LogP contribution in [-0.4, -0.2) is 61.7 Å². The van der Waals surface area contributed by atoms with E-state index in [1.54, 1.807) is 13.0 Å². The average Bonchev–Trinajstić information content (AvgIpc) is 2.52. The van der Waals surface area contributed by atoms with E-state index in [4.69, 9.17) is 10.00 Å². The van der Waals surface area contributed by atoms with Crippen LogP contribution < -0.4 is 10.6 Å². The van der Waals surface area contributed by atoms with Gasteiger partial charge in [0.1, 0.15) is 12.6 Å². The van der Waals surface area contributed by atoms with Gasteiger partial charge in [-0.25, -0.2) is 13.6 Å². The van der Waals surface area contributed by atoms with Gasteiger partial charge in [0, 0.05) is 25.9 Å². The maximum absolute atomic E-state index is 13.8. The van der Waals surface area contributed by atoms with Crippen molar-refractivity contribution in [3.8, 4) is 6.07 Å². The summed E-state index contributed by atoms with van der Waals surface area (Å²) < 4.78 is 32.7. The second kappa shape index (κ2) is 9.25. The van der Waals surface area contributed by atoms with Crippen molar-refractivity contribution >= 4 is 11.9 Å². The maximum Gasteiger partial charge on any atom is 0.318 e. The van der Waals surface area contributed by atoms with Crippen molar-refractivity contribution in [3.05, 3.63) is 0 Å². The van der Waals surface area contributed by atoms with Crippen molar-refractivity contribution < 1.29 is 23.1 Å². The first kappa shape index (κ1) is 19.1. The lowest BCUT2D eigenvalue weighted by atomic mass is 10.0. The summed E-state index contributed by atoms with van der Waals surface area (Å²) in [6.07, 6.45) is -0.909. The molecule has 3 amide bonds. The number of morpholine rings is 1. The minimum Gasteiger partial charge on any atom is -0.378 e. The predicted molar refractivity (Wildman–Crippen MR) is 77.8 cm³/mol. The molecular formula is C14H22F2N4O3. The van der Waals surface area contributed by atoms with Crippen LogP contribution >= 0.6 is 0 Å². The SMILES string of the molecule is CCCC(F)(F)C[C@H](NC(=O)N1CCOCC1)C(=O)NCC#N. The fourth-order valence-corrected chi connectivity index (χ4v) is 2.23. The smallest absolute Gasteiger partial charge is 0.318 e. The molecule has 9 heteroatoms. The van der Waals surface area contributed by atoms with E-state index < -0.39 is 30.3 Å². The summed E-state index contributed by atoms with van der Waals surface area (Å²) in [5.41, 5.74) is 0. The van der Waals surface area contributed by atoms with E-state index in [1.165, 1.54) is 4.90 Å². The standard InChI is InChI=1S/C14H22F2N4O3/c1-2-3-14(15,16)10-11(12(21)18-5-4-17)19-13(22)20-6-8-23-9-7-20/h11H,2-3,5-10H2,1H3,(H,18,21)(H,19,22)/t11-/m0/s1. The molecule has 1 rings (SSSR count). The molecule has 0 aromatic rings. The molecule has 2 N–H and O–H groups in total. The van der Waals surface area contributed by atoms with Crippen molar-refractivity contribution in [2.24, 2.45) is 0 Å². The Balaban J connectivity index is 2.71. The molecule has 0 unspecified atom stereocenters. The third kappa shape index (κ3) is 6.78. The van der Waals surface area contributed by atoms with E-state index >= 15 is 0 Å². The van der Waals surface area contributed by atoms with Crippen LogP contribution in [0, 0.1) is 11.3 Å². The average molecular weight is 332 g/mol. The summed E-state index contributed by atoms with van der Waals surface area (Å²) >= 11 is 0. The van der Waals surface area contributed by atoms with Crippen molar-refractivity contribution in [2.45, 2.75) is 38.2 Å². The Kier molecular flexibility index (Phi) is 7.68. The Hall–Kier alpha value is -1.95. The third-order valence-corrected chi connectivity index (χ3v) is 3.37. The van der Waals surface area contributed by atoms with Gasteiger partial charge >= 0.3 is 6.03 Å². The van der Waals surface area contributed by atoms with Crippen molar-refractivity contribution in [1.29, 1.82) is 5.26 Å². The van der Waals surface area contributed by atoms with Gasteiger partial charge < -0.3 is 20.3 Å². The summed E-state index contributed by atoms with van der Waals surface area (Å²) in [5.74, 6) is -3.86. The molecule has 0 bridgehead atoms. The van der Waals surface area contributed by atoms with Gasteiger partial charge in [0.25, 0.3) is 5.92 Å². The van der Waals surface area contributed by atoms with Gasteiger partial charge in [-0.3, -0.25) is 4.79 Å². The number of hydrogen-bond donors (Lipinski definition) is 2. The summed E-state index contributed by atoms with van der Waals surface area (Å²) in [6.45, 7) is 2.72. The number of urea groups is 1. The molecule has 130 valence electrons. The third-order valence-electron chi connectivity index (χ3n) is 3.37. The lowest BCUT2D eigenvalue weighted by Gasteiger charge is -2.30. The van der Waals surface area contributed by atoms with Gasteiger partial charge in [0.05, 0.1) is 19.3 Å². The van der Waals surface area contributed by atoms with Crippen LogP contribution in [0.15, 0.2) is 0 Å². The van der Waals surface area contributed by atoms with E-state index in [-0.39, 0.29) is 19.4 Å². The number of alkyl halides is 2. The summed E-state index contributed by atoms with van der Waals surface area (Å²) in [6, 6.07) is -0.275. The van der Waals surface area contributed by atoms with Crippen molar-refractivity contribution in [1.82, 2.24) is 15.5 Å². The van der Waals surface area contributed by atoms with E-state index in [9.17, 15) is 18.4 Å². The van der Waals surface area contributed by atoms with Crippen LogP contribution in [0.4, 0.5) is 13.6 Å². The number of hydrogen-bond acceptors (Lipinski definition) is 4. The zero-order chi connectivity index (χ0) is 17.3. The summed E-state index contributed by atoms with van der Waals surface area (Å²) in [5, 5.41) is 13.0. The van der Waals surface area contributed by atoms with Crippen LogP contribution in [0.1, 0.15) is 26.2 Å². The van der Waals surface area contributed by atoms with Gasteiger partial charge in [-0.1, -0.05) is 13.3 Å². The molecule has 1 saturated heterocycles. The minimum atomic E-state index is -3.07. The highest BCUT2D eigenvalue weighted by atomic mass is 19.3. The van der Waals surface area contributed by atoms with Crippen LogP contribution in [0.2, 0.25) is 0 Å². The van der Waals surface area contributed by atoms with Crippen LogP contribution in [0.5, 0.6) is 0 Å². The molecule has 1 heterocycles. The van der Waals surface area contributed by atoms with Gasteiger partial charge in [-0.2, -0.15) is 5.26 Å². The number of carbonyl (C=O) groups is 2. The molecular weight excluding hydrogens is 310 g/mol. The van der Waals surface area contributed by atoms with Crippen molar-refractivity contribution in [2.75, 3.05) is 32.8 Å². The monoisotopic (exact) mass is 332 g/mol. The Morgan fingerprint density at radius 2 is 2.04 bits per heavy atom. The molecule has 0 radical (unpaired) electrons. The fraction of sp³-hybridized carbons (Fsp3) is 0.786. The molecule has 1 aliphatic rings. The Morgan fingerprint density at radius 1 is 1.39 bits per heavy atom. The number of nitrogens with one attached hydrogen (secondary N) is 2. The number of carbonyl (C=O) groups excluding carboxylic acids is 2. The van der Waals surface area contributed by atoms with Crippen molar-refractivity contribution in [3.63, 3.8) is 0 Å². The van der Waals surface area contributed by atoms with E-state index in [0.717, 1.165) is 0 Å². The largest absolute Gasteiger partial charge is 0.378 e. The Morgan fingerprint density at radius 3 is 2.61 bits per heavy atom. The first-order valence-corrected chi connectivity index (χ1v) is 7.55. The maximum atomic E-state index is 13.8. The number of nitrogens with zero attached hydrogens (tertiary/aromatic N) is 2. The second-order valence-corrected chi connectivity index (χ2v) is 5.29.